The molecule has 0 radical (unpaired) electrons. The quantitative estimate of drug-likeness (QED) is 0.749. The molecule has 1 atom stereocenters. The molecule has 1 unspecified atom stereocenters. The van der Waals surface area contributed by atoms with E-state index in [4.69, 9.17) is 4.42 Å². The Bertz CT molecular complexity index is 1030. The van der Waals surface area contributed by atoms with E-state index in [1.165, 1.54) is 18.8 Å². The lowest BCUT2D eigenvalue weighted by Crippen LogP contribution is -2.30. The fraction of sp³-hybridized carbons (Fsp3) is 0.250. The first-order valence-corrected chi connectivity index (χ1v) is 9.10. The summed E-state index contributed by atoms with van der Waals surface area (Å²) in [5.74, 6) is 0.311. The number of carbonyl (C=O) groups is 2. The van der Waals surface area contributed by atoms with E-state index in [9.17, 15) is 9.59 Å². The molecule has 1 saturated carbocycles. The van der Waals surface area contributed by atoms with Gasteiger partial charge in [0.2, 0.25) is 0 Å². The fourth-order valence-electron chi connectivity index (χ4n) is 3.53. The van der Waals surface area contributed by atoms with Crippen LogP contribution in [0.15, 0.2) is 53.7 Å². The van der Waals surface area contributed by atoms with Crippen LogP contribution < -0.4 is 5.32 Å². The van der Waals surface area contributed by atoms with E-state index in [2.05, 4.69) is 20.5 Å². The van der Waals surface area contributed by atoms with Gasteiger partial charge in [-0.25, -0.2) is 4.98 Å². The minimum Gasteiger partial charge on any atom is -0.446 e. The van der Waals surface area contributed by atoms with Crippen molar-refractivity contribution in [1.82, 2.24) is 25.4 Å². The third kappa shape index (κ3) is 2.92. The minimum atomic E-state index is -0.404. The molecule has 2 aromatic heterocycles. The number of nitrogens with one attached hydrogen (secondary N) is 1. The second kappa shape index (κ2) is 6.56. The lowest BCUT2D eigenvalue weighted by molar-refractivity contribution is 0.0702. The summed E-state index contributed by atoms with van der Waals surface area (Å²) in [6, 6.07) is 7.06. The Morgan fingerprint density at radius 2 is 2.00 bits per heavy atom. The summed E-state index contributed by atoms with van der Waals surface area (Å²) in [5.41, 5.74) is 2.89. The van der Waals surface area contributed by atoms with Gasteiger partial charge >= 0.3 is 0 Å². The van der Waals surface area contributed by atoms with Gasteiger partial charge in [0, 0.05) is 18.2 Å². The maximum atomic E-state index is 13.1. The SMILES string of the molecule is O=C(NC1CC1)c1ccc2c(c1)CN(C(=O)c1ccnnc1)C2c1cnco1. The maximum Gasteiger partial charge on any atom is 0.256 e. The number of hydrogen-bond donors (Lipinski definition) is 1. The van der Waals surface area contributed by atoms with Crippen molar-refractivity contribution >= 4 is 11.8 Å². The molecule has 1 fully saturated rings. The average molecular weight is 375 g/mol. The average Bonchev–Trinajstić information content (AvgIpc) is 3.23. The van der Waals surface area contributed by atoms with Crippen LogP contribution in [-0.4, -0.2) is 37.9 Å². The van der Waals surface area contributed by atoms with Crippen LogP contribution >= 0.6 is 0 Å². The highest BCUT2D eigenvalue weighted by Crippen LogP contribution is 2.39. The molecule has 3 heterocycles. The Balaban J connectivity index is 1.51. The van der Waals surface area contributed by atoms with Gasteiger partial charge < -0.3 is 14.6 Å². The Morgan fingerprint density at radius 3 is 2.71 bits per heavy atom. The predicted octanol–water partition coefficient (Wildman–Crippen LogP) is 2.10. The molecule has 2 amide bonds. The van der Waals surface area contributed by atoms with Gasteiger partial charge in [-0.15, -0.1) is 0 Å². The molecule has 8 heteroatoms. The van der Waals surface area contributed by atoms with Crippen molar-refractivity contribution in [2.24, 2.45) is 0 Å². The number of carbonyl (C=O) groups excluding carboxylic acids is 2. The van der Waals surface area contributed by atoms with Crippen LogP contribution in [0.2, 0.25) is 0 Å². The second-order valence-electron chi connectivity index (χ2n) is 7.03. The van der Waals surface area contributed by atoms with Crippen molar-refractivity contribution < 1.29 is 14.0 Å². The number of amides is 2. The van der Waals surface area contributed by atoms with Gasteiger partial charge in [0.15, 0.2) is 12.2 Å². The highest BCUT2D eigenvalue weighted by Gasteiger charge is 2.37. The monoisotopic (exact) mass is 375 g/mol. The highest BCUT2D eigenvalue weighted by atomic mass is 16.3. The Labute approximate surface area is 160 Å². The first kappa shape index (κ1) is 16.6. The third-order valence-electron chi connectivity index (χ3n) is 5.08. The van der Waals surface area contributed by atoms with Crippen molar-refractivity contribution in [3.8, 4) is 0 Å². The second-order valence-corrected chi connectivity index (χ2v) is 7.03. The predicted molar refractivity (Wildman–Crippen MR) is 97.2 cm³/mol. The smallest absolute Gasteiger partial charge is 0.256 e. The van der Waals surface area contributed by atoms with Crippen molar-refractivity contribution in [1.29, 1.82) is 0 Å². The van der Waals surface area contributed by atoms with Gasteiger partial charge in [-0.05, 0) is 42.2 Å². The lowest BCUT2D eigenvalue weighted by Gasteiger charge is -2.23. The van der Waals surface area contributed by atoms with Crippen molar-refractivity contribution in [3.05, 3.63) is 77.3 Å². The molecule has 1 aliphatic heterocycles. The molecule has 1 aromatic carbocycles. The van der Waals surface area contributed by atoms with Gasteiger partial charge in [0.1, 0.15) is 6.04 Å². The van der Waals surface area contributed by atoms with Crippen LogP contribution in [0.5, 0.6) is 0 Å². The van der Waals surface area contributed by atoms with Gasteiger partial charge in [0.25, 0.3) is 11.8 Å². The molecule has 28 heavy (non-hydrogen) atoms. The summed E-state index contributed by atoms with van der Waals surface area (Å²) in [7, 11) is 0. The standard InChI is InChI=1S/C20H17N5O3/c26-19(24-15-2-3-15)12-1-4-16-14(7-12)10-25(18(16)17-9-21-11-28-17)20(27)13-5-6-22-23-8-13/h1,4-9,11,15,18H,2-3,10H2,(H,24,26). The number of hydrogen-bond acceptors (Lipinski definition) is 6. The minimum absolute atomic E-state index is 0.0791. The van der Waals surface area contributed by atoms with Crippen LogP contribution in [0.3, 0.4) is 0 Å². The van der Waals surface area contributed by atoms with E-state index in [1.54, 1.807) is 23.2 Å². The number of rotatable bonds is 4. The Morgan fingerprint density at radius 1 is 1.11 bits per heavy atom. The molecule has 1 N–H and O–H groups in total. The summed E-state index contributed by atoms with van der Waals surface area (Å²) in [6.45, 7) is 0.367. The van der Waals surface area contributed by atoms with Gasteiger partial charge in [-0.2, -0.15) is 10.2 Å². The summed E-state index contributed by atoms with van der Waals surface area (Å²) in [6.07, 6.45) is 7.95. The van der Waals surface area contributed by atoms with Crippen molar-refractivity contribution in [3.63, 3.8) is 0 Å². The van der Waals surface area contributed by atoms with E-state index in [0.29, 0.717) is 29.5 Å². The maximum absolute atomic E-state index is 13.1. The molecule has 5 rings (SSSR count). The molecule has 3 aromatic rings. The summed E-state index contributed by atoms with van der Waals surface area (Å²) < 4.78 is 5.52. The molecular formula is C20H17N5O3. The molecule has 0 saturated heterocycles. The van der Waals surface area contributed by atoms with Gasteiger partial charge in [0.05, 0.1) is 24.2 Å². The Kier molecular flexibility index (Phi) is 3.89. The summed E-state index contributed by atoms with van der Waals surface area (Å²) in [5, 5.41) is 10.5. The molecule has 140 valence electrons. The van der Waals surface area contributed by atoms with Crippen LogP contribution in [-0.2, 0) is 6.54 Å². The van der Waals surface area contributed by atoms with E-state index in [-0.39, 0.29) is 11.8 Å². The topological polar surface area (TPSA) is 101 Å². The summed E-state index contributed by atoms with van der Waals surface area (Å²) in [4.78, 5) is 31.2. The van der Waals surface area contributed by atoms with E-state index in [1.807, 2.05) is 12.1 Å². The first-order chi connectivity index (χ1) is 13.7. The number of benzene rings is 1. The van der Waals surface area contributed by atoms with Gasteiger partial charge in [-0.1, -0.05) is 6.07 Å². The molecule has 2 aliphatic rings. The zero-order valence-electron chi connectivity index (χ0n) is 14.9. The van der Waals surface area contributed by atoms with E-state index in [0.717, 1.165) is 24.0 Å². The van der Waals surface area contributed by atoms with Crippen LogP contribution in [0.25, 0.3) is 0 Å². The number of fused-ring (bicyclic) bond motifs is 1. The van der Waals surface area contributed by atoms with E-state index >= 15 is 0 Å². The van der Waals surface area contributed by atoms with Gasteiger partial charge in [-0.3, -0.25) is 9.59 Å². The molecular weight excluding hydrogens is 358 g/mol. The van der Waals surface area contributed by atoms with Crippen molar-refractivity contribution in [2.45, 2.75) is 31.5 Å². The first-order valence-electron chi connectivity index (χ1n) is 9.10. The zero-order valence-corrected chi connectivity index (χ0v) is 14.9. The highest BCUT2D eigenvalue weighted by molar-refractivity contribution is 5.96. The molecule has 0 bridgehead atoms. The molecule has 0 spiro atoms. The lowest BCUT2D eigenvalue weighted by atomic mass is 10.0. The van der Waals surface area contributed by atoms with Crippen LogP contribution in [0.4, 0.5) is 0 Å². The largest absolute Gasteiger partial charge is 0.446 e. The van der Waals surface area contributed by atoms with Crippen LogP contribution in [0.1, 0.15) is 56.5 Å². The van der Waals surface area contributed by atoms with Crippen LogP contribution in [0, 0.1) is 0 Å². The van der Waals surface area contributed by atoms with E-state index < -0.39 is 6.04 Å². The third-order valence-corrected chi connectivity index (χ3v) is 5.08. The molecule has 1 aliphatic carbocycles. The summed E-state index contributed by atoms with van der Waals surface area (Å²) >= 11 is 0. The number of oxazole rings is 1. The number of nitrogens with zero attached hydrogens (tertiary/aromatic N) is 4. The number of aromatic nitrogens is 3. The fourth-order valence-corrected chi connectivity index (χ4v) is 3.53. The normalized spacial score (nSPS) is 18.0. The Hall–Kier alpha value is -3.55. The molecule has 8 nitrogen and oxygen atoms in total. The zero-order chi connectivity index (χ0) is 19.1. The van der Waals surface area contributed by atoms with Crippen molar-refractivity contribution in [2.75, 3.05) is 0 Å².